The van der Waals surface area contributed by atoms with E-state index < -0.39 is 0 Å². The molecule has 2 amide bonds. The molecule has 9 heteroatoms. The van der Waals surface area contributed by atoms with Gasteiger partial charge in [0.05, 0.1) is 11.7 Å². The van der Waals surface area contributed by atoms with Crippen LogP contribution in [0.2, 0.25) is 0 Å². The normalized spacial score (nSPS) is 16.2. The number of piperidine rings is 1. The fourth-order valence-electron chi connectivity index (χ4n) is 3.22. The van der Waals surface area contributed by atoms with Crippen LogP contribution in [0.1, 0.15) is 26.2 Å². The summed E-state index contributed by atoms with van der Waals surface area (Å²) in [6.07, 6.45) is 2.80. The zero-order valence-corrected chi connectivity index (χ0v) is 19.3. The molecule has 0 aliphatic carbocycles. The highest BCUT2D eigenvalue weighted by Crippen LogP contribution is 2.23. The molecular formula is C21H26BrN5O2S. The van der Waals surface area contributed by atoms with E-state index in [1.165, 1.54) is 11.8 Å². The molecular weight excluding hydrogens is 466 g/mol. The summed E-state index contributed by atoms with van der Waals surface area (Å²) in [6.45, 7) is 4.30. The van der Waals surface area contributed by atoms with Gasteiger partial charge in [0.2, 0.25) is 11.8 Å². The first-order chi connectivity index (χ1) is 14.5. The van der Waals surface area contributed by atoms with E-state index in [0.717, 1.165) is 48.3 Å². The van der Waals surface area contributed by atoms with Gasteiger partial charge in [-0.3, -0.25) is 9.59 Å². The van der Waals surface area contributed by atoms with E-state index in [9.17, 15) is 9.59 Å². The van der Waals surface area contributed by atoms with Gasteiger partial charge in [-0.2, -0.15) is 0 Å². The average Bonchev–Trinajstić information content (AvgIpc) is 2.78. The Morgan fingerprint density at radius 3 is 2.70 bits per heavy atom. The van der Waals surface area contributed by atoms with Gasteiger partial charge in [-0.1, -0.05) is 34.6 Å². The molecule has 7 nitrogen and oxygen atoms in total. The van der Waals surface area contributed by atoms with Crippen LogP contribution in [-0.4, -0.2) is 47.4 Å². The van der Waals surface area contributed by atoms with Gasteiger partial charge in [0.1, 0.15) is 5.03 Å². The number of hydrogen-bond donors (Lipinski definition) is 2. The van der Waals surface area contributed by atoms with Gasteiger partial charge in [-0.25, -0.2) is 0 Å². The molecule has 1 atom stereocenters. The lowest BCUT2D eigenvalue weighted by Gasteiger charge is -2.32. The van der Waals surface area contributed by atoms with Gasteiger partial charge in [-0.15, -0.1) is 10.2 Å². The van der Waals surface area contributed by atoms with Crippen molar-refractivity contribution in [2.45, 2.75) is 31.2 Å². The van der Waals surface area contributed by atoms with Gasteiger partial charge in [0.15, 0.2) is 5.82 Å². The number of anilines is 2. The lowest BCUT2D eigenvalue weighted by molar-refractivity contribution is -0.125. The molecule has 1 aromatic heterocycles. The lowest BCUT2D eigenvalue weighted by Crippen LogP contribution is -2.43. The van der Waals surface area contributed by atoms with E-state index in [2.05, 4.69) is 41.7 Å². The first kappa shape index (κ1) is 22.6. The van der Waals surface area contributed by atoms with Crippen LogP contribution in [-0.2, 0) is 9.59 Å². The standard InChI is InChI=1S/C21H26BrN5O2S/c1-2-11-23-21(29)15-4-3-12-27(13-15)18-9-10-20(26-25-18)30-14-19(28)24-17-7-5-16(22)6-8-17/h5-10,15H,2-4,11-14H2,1H3,(H,23,29)(H,24,28)/t15-/m0/s1. The minimum absolute atomic E-state index is 0.0107. The molecule has 1 aliphatic heterocycles. The Hall–Kier alpha value is -2.13. The summed E-state index contributed by atoms with van der Waals surface area (Å²) < 4.78 is 0.965. The zero-order valence-electron chi connectivity index (χ0n) is 16.9. The first-order valence-electron chi connectivity index (χ1n) is 10.1. The van der Waals surface area contributed by atoms with Crippen molar-refractivity contribution in [1.29, 1.82) is 0 Å². The zero-order chi connectivity index (χ0) is 21.3. The fraction of sp³-hybridized carbons (Fsp3) is 0.429. The van der Waals surface area contributed by atoms with Crippen molar-refractivity contribution in [3.63, 3.8) is 0 Å². The molecule has 1 fully saturated rings. The minimum atomic E-state index is -0.0924. The molecule has 2 aromatic rings. The monoisotopic (exact) mass is 491 g/mol. The molecule has 0 unspecified atom stereocenters. The molecule has 1 aliphatic rings. The maximum atomic E-state index is 12.3. The second-order valence-corrected chi connectivity index (χ2v) is 9.06. The van der Waals surface area contributed by atoms with Crippen molar-refractivity contribution >= 4 is 51.0 Å². The van der Waals surface area contributed by atoms with E-state index in [0.29, 0.717) is 11.6 Å². The topological polar surface area (TPSA) is 87.2 Å². The van der Waals surface area contributed by atoms with Crippen LogP contribution in [0.5, 0.6) is 0 Å². The van der Waals surface area contributed by atoms with Crippen LogP contribution < -0.4 is 15.5 Å². The van der Waals surface area contributed by atoms with Gasteiger partial charge < -0.3 is 15.5 Å². The largest absolute Gasteiger partial charge is 0.356 e. The summed E-state index contributed by atoms with van der Waals surface area (Å²) in [5, 5.41) is 15.1. The molecule has 160 valence electrons. The van der Waals surface area contributed by atoms with Crippen molar-refractivity contribution in [3.05, 3.63) is 40.9 Å². The summed E-state index contributed by atoms with van der Waals surface area (Å²) in [5.41, 5.74) is 0.757. The number of carbonyl (C=O) groups excluding carboxylic acids is 2. The molecule has 0 saturated carbocycles. The van der Waals surface area contributed by atoms with Crippen LogP contribution in [0.4, 0.5) is 11.5 Å². The fourth-order valence-corrected chi connectivity index (χ4v) is 4.10. The lowest BCUT2D eigenvalue weighted by atomic mass is 9.97. The van der Waals surface area contributed by atoms with E-state index in [1.54, 1.807) is 0 Å². The highest BCUT2D eigenvalue weighted by Gasteiger charge is 2.26. The SMILES string of the molecule is CCCNC(=O)[C@H]1CCCN(c2ccc(SCC(=O)Nc3ccc(Br)cc3)nn2)C1. The van der Waals surface area contributed by atoms with Gasteiger partial charge in [0, 0.05) is 29.8 Å². The Balaban J connectivity index is 1.48. The molecule has 2 N–H and O–H groups in total. The highest BCUT2D eigenvalue weighted by molar-refractivity contribution is 9.10. The Kier molecular flexibility index (Phi) is 8.50. The average molecular weight is 492 g/mol. The van der Waals surface area contributed by atoms with E-state index >= 15 is 0 Å². The van der Waals surface area contributed by atoms with Crippen molar-refractivity contribution in [1.82, 2.24) is 15.5 Å². The van der Waals surface area contributed by atoms with Crippen LogP contribution in [0.15, 0.2) is 45.9 Å². The number of nitrogens with one attached hydrogen (secondary N) is 2. The maximum absolute atomic E-state index is 12.3. The van der Waals surface area contributed by atoms with Crippen molar-refractivity contribution in [3.8, 4) is 0 Å². The number of halogens is 1. The molecule has 30 heavy (non-hydrogen) atoms. The van der Waals surface area contributed by atoms with Crippen molar-refractivity contribution < 1.29 is 9.59 Å². The van der Waals surface area contributed by atoms with Gasteiger partial charge >= 0.3 is 0 Å². The van der Waals surface area contributed by atoms with Crippen molar-refractivity contribution in [2.75, 3.05) is 35.6 Å². The Bertz CT molecular complexity index is 847. The molecule has 0 spiro atoms. The number of aromatic nitrogens is 2. The second kappa shape index (κ2) is 11.3. The smallest absolute Gasteiger partial charge is 0.234 e. The number of hydrogen-bond acceptors (Lipinski definition) is 6. The van der Waals surface area contributed by atoms with Gasteiger partial charge in [0.25, 0.3) is 0 Å². The van der Waals surface area contributed by atoms with Crippen molar-refractivity contribution in [2.24, 2.45) is 5.92 Å². The van der Waals surface area contributed by atoms with Crippen LogP contribution in [0.3, 0.4) is 0 Å². The molecule has 2 heterocycles. The number of amides is 2. The third kappa shape index (κ3) is 6.70. The summed E-state index contributed by atoms with van der Waals surface area (Å²) >= 11 is 4.72. The number of rotatable bonds is 8. The van der Waals surface area contributed by atoms with Crippen LogP contribution in [0, 0.1) is 5.92 Å². The predicted octanol–water partition coefficient (Wildman–Crippen LogP) is 3.71. The molecule has 1 saturated heterocycles. The number of nitrogens with zero attached hydrogens (tertiary/aromatic N) is 3. The molecule has 1 aromatic carbocycles. The quantitative estimate of drug-likeness (QED) is 0.547. The summed E-state index contributed by atoms with van der Waals surface area (Å²) in [5.74, 6) is 1.05. The summed E-state index contributed by atoms with van der Waals surface area (Å²) in [4.78, 5) is 26.5. The second-order valence-electron chi connectivity index (χ2n) is 7.15. The number of carbonyl (C=O) groups is 2. The molecule has 3 rings (SSSR count). The molecule has 0 radical (unpaired) electrons. The minimum Gasteiger partial charge on any atom is -0.356 e. The Morgan fingerprint density at radius 2 is 2.00 bits per heavy atom. The van der Waals surface area contributed by atoms with Crippen LogP contribution in [0.25, 0.3) is 0 Å². The highest BCUT2D eigenvalue weighted by atomic mass is 79.9. The number of benzene rings is 1. The molecule has 0 bridgehead atoms. The third-order valence-electron chi connectivity index (χ3n) is 4.77. The summed E-state index contributed by atoms with van der Waals surface area (Å²) in [7, 11) is 0. The Morgan fingerprint density at radius 1 is 1.20 bits per heavy atom. The number of thioether (sulfide) groups is 1. The Labute approximate surface area is 189 Å². The van der Waals surface area contributed by atoms with Gasteiger partial charge in [-0.05, 0) is 55.7 Å². The van der Waals surface area contributed by atoms with Crippen LogP contribution >= 0.6 is 27.7 Å². The maximum Gasteiger partial charge on any atom is 0.234 e. The van der Waals surface area contributed by atoms with E-state index in [-0.39, 0.29) is 23.5 Å². The third-order valence-corrected chi connectivity index (χ3v) is 6.22. The first-order valence-corrected chi connectivity index (χ1v) is 11.9. The van der Waals surface area contributed by atoms with E-state index in [1.807, 2.05) is 43.3 Å². The summed E-state index contributed by atoms with van der Waals surface area (Å²) in [6, 6.07) is 11.2. The predicted molar refractivity (Wildman–Crippen MR) is 124 cm³/mol. The van der Waals surface area contributed by atoms with E-state index in [4.69, 9.17) is 0 Å².